The lowest BCUT2D eigenvalue weighted by molar-refractivity contribution is -0.134. The van der Waals surface area contributed by atoms with Gasteiger partial charge in [0.15, 0.2) is 0 Å². The molecule has 1 amide bonds. The number of nitrogens with two attached hydrogens (primary N) is 1. The number of hydrazine groups is 1. The van der Waals surface area contributed by atoms with Crippen LogP contribution in [-0.4, -0.2) is 55.1 Å². The molecule has 1 heterocycles. The average molecular weight is 254 g/mol. The van der Waals surface area contributed by atoms with Crippen molar-refractivity contribution in [3.8, 4) is 0 Å². The Morgan fingerprint density at radius 3 is 2.50 bits per heavy atom. The predicted molar refractivity (Wildman–Crippen MR) is 71.7 cm³/mol. The van der Waals surface area contributed by atoms with Gasteiger partial charge in [-0.25, -0.2) is 5.01 Å². The maximum Gasteiger partial charge on any atom is 0.239 e. The van der Waals surface area contributed by atoms with Gasteiger partial charge in [0.25, 0.3) is 0 Å². The van der Waals surface area contributed by atoms with E-state index in [9.17, 15) is 4.79 Å². The lowest BCUT2D eigenvalue weighted by atomic mass is 9.77. The zero-order valence-corrected chi connectivity index (χ0v) is 11.6. The fraction of sp³-hybridized carbons (Fsp3) is 0.923. The molecule has 5 nitrogen and oxygen atoms in total. The molecule has 2 aliphatic rings. The van der Waals surface area contributed by atoms with Crippen LogP contribution < -0.4 is 11.2 Å². The van der Waals surface area contributed by atoms with Crippen molar-refractivity contribution in [2.75, 3.05) is 33.2 Å². The van der Waals surface area contributed by atoms with E-state index in [2.05, 4.69) is 24.3 Å². The van der Waals surface area contributed by atoms with E-state index in [4.69, 9.17) is 5.73 Å². The minimum Gasteiger partial charge on any atom is -0.327 e. The normalized spacial score (nSPS) is 35.4. The lowest BCUT2D eigenvalue weighted by Crippen LogP contribution is -2.56. The van der Waals surface area contributed by atoms with Crippen LogP contribution in [0.4, 0.5) is 0 Å². The second-order valence-electron chi connectivity index (χ2n) is 5.86. The van der Waals surface area contributed by atoms with Gasteiger partial charge >= 0.3 is 0 Å². The van der Waals surface area contributed by atoms with Crippen LogP contribution in [0, 0.1) is 11.8 Å². The highest BCUT2D eigenvalue weighted by atomic mass is 16.2. The molecular weight excluding hydrogens is 228 g/mol. The van der Waals surface area contributed by atoms with E-state index in [1.807, 2.05) is 5.01 Å². The topological polar surface area (TPSA) is 61.6 Å². The minimum absolute atomic E-state index is 0.0154. The molecule has 3 atom stereocenters. The number of nitrogens with one attached hydrogen (secondary N) is 1. The Labute approximate surface area is 110 Å². The fourth-order valence-corrected chi connectivity index (χ4v) is 3.06. The average Bonchev–Trinajstić information content (AvgIpc) is 2.32. The van der Waals surface area contributed by atoms with Crippen molar-refractivity contribution in [3.63, 3.8) is 0 Å². The molecule has 0 aromatic rings. The van der Waals surface area contributed by atoms with Gasteiger partial charge in [-0.05, 0) is 25.8 Å². The van der Waals surface area contributed by atoms with Crippen LogP contribution in [0.5, 0.6) is 0 Å². The molecule has 3 unspecified atom stereocenters. The summed E-state index contributed by atoms with van der Waals surface area (Å²) in [6.07, 6.45) is 3.25. The van der Waals surface area contributed by atoms with E-state index in [0.717, 1.165) is 45.4 Å². The first-order chi connectivity index (χ1) is 8.58. The molecule has 0 bridgehead atoms. The van der Waals surface area contributed by atoms with Gasteiger partial charge in [-0.3, -0.25) is 10.2 Å². The summed E-state index contributed by atoms with van der Waals surface area (Å²) in [6.45, 7) is 5.96. The number of likely N-dealkylation sites (N-methyl/N-ethyl adjacent to an activating group) is 1. The number of nitrogens with zero attached hydrogens (tertiary/aromatic N) is 2. The Bertz CT molecular complexity index is 279. The molecule has 5 heteroatoms. The lowest BCUT2D eigenvalue weighted by Gasteiger charge is -2.37. The molecule has 0 aromatic carbocycles. The van der Waals surface area contributed by atoms with E-state index in [-0.39, 0.29) is 17.9 Å². The standard InChI is InChI=1S/C13H26N4O/c1-10-4-3-5-11(14)12(10)13(18)15-17-8-6-16(2)7-9-17/h10-12H,3-9,14H2,1-2H3,(H,15,18). The first-order valence-electron chi connectivity index (χ1n) is 7.07. The van der Waals surface area contributed by atoms with E-state index in [1.165, 1.54) is 0 Å². The number of carbonyl (C=O) groups is 1. The van der Waals surface area contributed by atoms with Gasteiger partial charge in [-0.15, -0.1) is 0 Å². The second kappa shape index (κ2) is 5.99. The summed E-state index contributed by atoms with van der Waals surface area (Å²) in [7, 11) is 2.11. The van der Waals surface area contributed by atoms with Crippen molar-refractivity contribution < 1.29 is 4.79 Å². The third-order valence-electron chi connectivity index (χ3n) is 4.35. The van der Waals surface area contributed by atoms with Crippen LogP contribution in [0.2, 0.25) is 0 Å². The molecule has 18 heavy (non-hydrogen) atoms. The highest BCUT2D eigenvalue weighted by molar-refractivity contribution is 5.79. The molecule has 0 radical (unpaired) electrons. The molecule has 3 N–H and O–H groups in total. The summed E-state index contributed by atoms with van der Waals surface area (Å²) in [5.74, 6) is 0.513. The van der Waals surface area contributed by atoms with Gasteiger partial charge in [0.1, 0.15) is 0 Å². The Balaban J connectivity index is 1.86. The minimum atomic E-state index is -0.0154. The SMILES string of the molecule is CC1CCCC(N)C1C(=O)NN1CCN(C)CC1. The third kappa shape index (κ3) is 3.22. The van der Waals surface area contributed by atoms with Crippen LogP contribution in [0.1, 0.15) is 26.2 Å². The third-order valence-corrected chi connectivity index (χ3v) is 4.35. The smallest absolute Gasteiger partial charge is 0.239 e. The first kappa shape index (κ1) is 13.8. The number of hydrogen-bond donors (Lipinski definition) is 2. The molecular formula is C13H26N4O. The number of amides is 1. The number of carbonyl (C=O) groups excluding carboxylic acids is 1. The van der Waals surface area contributed by atoms with Gasteiger partial charge in [-0.1, -0.05) is 13.3 Å². The molecule has 1 saturated heterocycles. The maximum absolute atomic E-state index is 12.3. The quantitative estimate of drug-likeness (QED) is 0.730. The maximum atomic E-state index is 12.3. The first-order valence-corrected chi connectivity index (χ1v) is 7.07. The van der Waals surface area contributed by atoms with Crippen molar-refractivity contribution in [3.05, 3.63) is 0 Å². The second-order valence-corrected chi connectivity index (χ2v) is 5.86. The van der Waals surface area contributed by atoms with Gasteiger partial charge in [-0.2, -0.15) is 0 Å². The van der Waals surface area contributed by atoms with Gasteiger partial charge in [0.2, 0.25) is 5.91 Å². The van der Waals surface area contributed by atoms with Crippen molar-refractivity contribution in [1.29, 1.82) is 0 Å². The van der Waals surface area contributed by atoms with Gasteiger partial charge < -0.3 is 10.6 Å². The summed E-state index contributed by atoms with van der Waals surface area (Å²) in [4.78, 5) is 14.6. The predicted octanol–water partition coefficient (Wildman–Crippen LogP) is 0.0285. The summed E-state index contributed by atoms with van der Waals surface area (Å²) in [5.41, 5.74) is 9.17. The van der Waals surface area contributed by atoms with Crippen molar-refractivity contribution in [2.24, 2.45) is 17.6 Å². The van der Waals surface area contributed by atoms with E-state index in [1.54, 1.807) is 0 Å². The molecule has 1 aliphatic carbocycles. The summed E-state index contributed by atoms with van der Waals surface area (Å²) >= 11 is 0. The van der Waals surface area contributed by atoms with Crippen LogP contribution in [-0.2, 0) is 4.79 Å². The van der Waals surface area contributed by atoms with Crippen LogP contribution >= 0.6 is 0 Å². The Kier molecular flexibility index (Phi) is 4.59. The largest absolute Gasteiger partial charge is 0.327 e. The highest BCUT2D eigenvalue weighted by Crippen LogP contribution is 2.29. The van der Waals surface area contributed by atoms with Crippen LogP contribution in [0.15, 0.2) is 0 Å². The van der Waals surface area contributed by atoms with E-state index in [0.29, 0.717) is 5.92 Å². The monoisotopic (exact) mass is 254 g/mol. The molecule has 1 saturated carbocycles. The zero-order chi connectivity index (χ0) is 13.1. The Morgan fingerprint density at radius 2 is 1.89 bits per heavy atom. The Hall–Kier alpha value is -0.650. The fourth-order valence-electron chi connectivity index (χ4n) is 3.06. The summed E-state index contributed by atoms with van der Waals surface area (Å²) in [6, 6.07) is 0.0289. The van der Waals surface area contributed by atoms with Crippen molar-refractivity contribution >= 4 is 5.91 Å². The molecule has 2 fully saturated rings. The van der Waals surface area contributed by atoms with Crippen LogP contribution in [0.3, 0.4) is 0 Å². The van der Waals surface area contributed by atoms with Crippen LogP contribution in [0.25, 0.3) is 0 Å². The van der Waals surface area contributed by atoms with Gasteiger partial charge in [0.05, 0.1) is 5.92 Å². The van der Waals surface area contributed by atoms with E-state index < -0.39 is 0 Å². The number of hydrogen-bond acceptors (Lipinski definition) is 4. The molecule has 0 spiro atoms. The van der Waals surface area contributed by atoms with Crippen molar-refractivity contribution in [2.45, 2.75) is 32.2 Å². The zero-order valence-electron chi connectivity index (χ0n) is 11.6. The number of piperazine rings is 1. The highest BCUT2D eigenvalue weighted by Gasteiger charge is 2.34. The molecule has 1 aliphatic heterocycles. The molecule has 2 rings (SSSR count). The molecule has 0 aromatic heterocycles. The summed E-state index contributed by atoms with van der Waals surface area (Å²) in [5, 5.41) is 2.04. The summed E-state index contributed by atoms with van der Waals surface area (Å²) < 4.78 is 0. The van der Waals surface area contributed by atoms with E-state index >= 15 is 0 Å². The Morgan fingerprint density at radius 1 is 1.22 bits per heavy atom. The van der Waals surface area contributed by atoms with Crippen molar-refractivity contribution in [1.82, 2.24) is 15.3 Å². The molecule has 104 valence electrons. The van der Waals surface area contributed by atoms with Gasteiger partial charge in [0, 0.05) is 32.2 Å². The number of rotatable bonds is 2.